The summed E-state index contributed by atoms with van der Waals surface area (Å²) in [6.07, 6.45) is -3.67. The minimum Gasteiger partial charge on any atom is -0.338 e. The van der Waals surface area contributed by atoms with E-state index in [1.807, 2.05) is 0 Å². The first-order chi connectivity index (χ1) is 8.39. The SMILES string of the molecule is Cc1ccc(N2CCCNC2=O)cc1C(F)(F)F. The fourth-order valence-corrected chi connectivity index (χ4v) is 1.96. The summed E-state index contributed by atoms with van der Waals surface area (Å²) in [7, 11) is 0. The highest BCUT2D eigenvalue weighted by Crippen LogP contribution is 2.34. The molecule has 0 radical (unpaired) electrons. The molecule has 1 saturated heterocycles. The van der Waals surface area contributed by atoms with Gasteiger partial charge < -0.3 is 5.32 Å². The van der Waals surface area contributed by atoms with E-state index in [1.54, 1.807) is 0 Å². The smallest absolute Gasteiger partial charge is 0.338 e. The molecule has 1 aromatic rings. The van der Waals surface area contributed by atoms with Gasteiger partial charge in [-0.05, 0) is 31.0 Å². The molecule has 1 aliphatic rings. The topological polar surface area (TPSA) is 32.3 Å². The fraction of sp³-hybridized carbons (Fsp3) is 0.417. The van der Waals surface area contributed by atoms with Crippen molar-refractivity contribution >= 4 is 11.7 Å². The Balaban J connectivity index is 2.37. The zero-order valence-electron chi connectivity index (χ0n) is 9.84. The molecule has 0 aliphatic carbocycles. The second-order valence-corrected chi connectivity index (χ2v) is 4.23. The van der Waals surface area contributed by atoms with Gasteiger partial charge in [0.05, 0.1) is 5.56 Å². The average Bonchev–Trinajstić information content (AvgIpc) is 2.29. The number of nitrogens with one attached hydrogen (secondary N) is 1. The van der Waals surface area contributed by atoms with Gasteiger partial charge in [0.15, 0.2) is 0 Å². The van der Waals surface area contributed by atoms with Gasteiger partial charge in [-0.15, -0.1) is 0 Å². The summed E-state index contributed by atoms with van der Waals surface area (Å²) >= 11 is 0. The van der Waals surface area contributed by atoms with Crippen LogP contribution in [0.3, 0.4) is 0 Å². The van der Waals surface area contributed by atoms with E-state index < -0.39 is 11.7 Å². The Kier molecular flexibility index (Phi) is 3.19. The number of hydrogen-bond donors (Lipinski definition) is 1. The second-order valence-electron chi connectivity index (χ2n) is 4.23. The third-order valence-corrected chi connectivity index (χ3v) is 2.92. The Labute approximate surface area is 103 Å². The van der Waals surface area contributed by atoms with E-state index in [1.165, 1.54) is 24.0 Å². The molecule has 0 spiro atoms. The van der Waals surface area contributed by atoms with Crippen LogP contribution in [0.25, 0.3) is 0 Å². The first-order valence-corrected chi connectivity index (χ1v) is 5.63. The van der Waals surface area contributed by atoms with Gasteiger partial charge in [0.2, 0.25) is 0 Å². The lowest BCUT2D eigenvalue weighted by Gasteiger charge is -2.28. The summed E-state index contributed by atoms with van der Waals surface area (Å²) in [4.78, 5) is 12.9. The van der Waals surface area contributed by atoms with Crippen molar-refractivity contribution in [3.63, 3.8) is 0 Å². The van der Waals surface area contributed by atoms with Crippen LogP contribution in [0.5, 0.6) is 0 Å². The standard InChI is InChI=1S/C12H13F3N2O/c1-8-3-4-9(7-10(8)12(13,14)15)17-6-2-5-16-11(17)18/h3-4,7H,2,5-6H2,1H3,(H,16,18). The van der Waals surface area contributed by atoms with E-state index >= 15 is 0 Å². The van der Waals surface area contributed by atoms with Crippen molar-refractivity contribution in [2.45, 2.75) is 19.5 Å². The number of rotatable bonds is 1. The van der Waals surface area contributed by atoms with Crippen molar-refractivity contribution in [1.29, 1.82) is 0 Å². The maximum absolute atomic E-state index is 12.8. The molecule has 0 bridgehead atoms. The van der Waals surface area contributed by atoms with Crippen molar-refractivity contribution < 1.29 is 18.0 Å². The van der Waals surface area contributed by atoms with Crippen LogP contribution in [-0.2, 0) is 6.18 Å². The molecule has 0 unspecified atom stereocenters. The summed E-state index contributed by atoms with van der Waals surface area (Å²) in [5, 5.41) is 2.61. The lowest BCUT2D eigenvalue weighted by Crippen LogP contribution is -2.46. The highest BCUT2D eigenvalue weighted by atomic mass is 19.4. The number of hydrogen-bond acceptors (Lipinski definition) is 1. The van der Waals surface area contributed by atoms with Gasteiger partial charge in [-0.25, -0.2) is 4.79 Å². The van der Waals surface area contributed by atoms with Gasteiger partial charge in [0, 0.05) is 18.8 Å². The molecule has 3 nitrogen and oxygen atoms in total. The lowest BCUT2D eigenvalue weighted by molar-refractivity contribution is -0.138. The van der Waals surface area contributed by atoms with Crippen LogP contribution in [0.1, 0.15) is 17.5 Å². The van der Waals surface area contributed by atoms with Crippen LogP contribution >= 0.6 is 0 Å². The minimum atomic E-state index is -4.40. The fourth-order valence-electron chi connectivity index (χ4n) is 1.96. The maximum Gasteiger partial charge on any atom is 0.416 e. The van der Waals surface area contributed by atoms with Crippen molar-refractivity contribution in [1.82, 2.24) is 5.32 Å². The number of carbonyl (C=O) groups is 1. The molecule has 2 amide bonds. The molecular weight excluding hydrogens is 245 g/mol. The van der Waals surface area contributed by atoms with Crippen molar-refractivity contribution in [3.8, 4) is 0 Å². The van der Waals surface area contributed by atoms with Gasteiger partial charge in [-0.1, -0.05) is 6.07 Å². The number of carbonyl (C=O) groups excluding carboxylic acids is 1. The Morgan fingerprint density at radius 2 is 2.06 bits per heavy atom. The molecule has 6 heteroatoms. The highest BCUT2D eigenvalue weighted by Gasteiger charge is 2.33. The number of alkyl halides is 3. The number of nitrogens with zero attached hydrogens (tertiary/aromatic N) is 1. The van der Waals surface area contributed by atoms with Crippen LogP contribution in [0.4, 0.5) is 23.7 Å². The molecule has 1 N–H and O–H groups in total. The first kappa shape index (κ1) is 12.7. The molecule has 2 rings (SSSR count). The summed E-state index contributed by atoms with van der Waals surface area (Å²) in [6.45, 7) is 2.41. The number of amides is 2. The molecule has 1 aliphatic heterocycles. The molecular formula is C12H13F3N2O. The largest absolute Gasteiger partial charge is 0.416 e. The summed E-state index contributed by atoms with van der Waals surface area (Å²) in [5.74, 6) is 0. The van der Waals surface area contributed by atoms with E-state index in [2.05, 4.69) is 5.32 Å². The van der Waals surface area contributed by atoms with Gasteiger partial charge in [0.1, 0.15) is 0 Å². The lowest BCUT2D eigenvalue weighted by atomic mass is 10.1. The van der Waals surface area contributed by atoms with E-state index in [4.69, 9.17) is 0 Å². The molecule has 18 heavy (non-hydrogen) atoms. The quantitative estimate of drug-likeness (QED) is 0.825. The molecule has 0 aromatic heterocycles. The normalized spacial score (nSPS) is 16.7. The number of anilines is 1. The van der Waals surface area contributed by atoms with E-state index in [0.29, 0.717) is 13.1 Å². The zero-order valence-corrected chi connectivity index (χ0v) is 9.84. The molecule has 98 valence electrons. The minimum absolute atomic E-state index is 0.156. The molecule has 1 aromatic carbocycles. The summed E-state index contributed by atoms with van der Waals surface area (Å²) in [6, 6.07) is 3.61. The molecule has 0 saturated carbocycles. The van der Waals surface area contributed by atoms with Gasteiger partial charge in [-0.2, -0.15) is 13.2 Å². The van der Waals surface area contributed by atoms with E-state index in [-0.39, 0.29) is 17.3 Å². The maximum atomic E-state index is 12.8. The van der Waals surface area contributed by atoms with Crippen molar-refractivity contribution in [2.75, 3.05) is 18.0 Å². The van der Waals surface area contributed by atoms with Gasteiger partial charge in [-0.3, -0.25) is 4.90 Å². The molecule has 0 atom stereocenters. The van der Waals surface area contributed by atoms with E-state index in [0.717, 1.165) is 12.5 Å². The van der Waals surface area contributed by atoms with Crippen LogP contribution in [-0.4, -0.2) is 19.1 Å². The van der Waals surface area contributed by atoms with Gasteiger partial charge in [0.25, 0.3) is 0 Å². The molecule has 1 heterocycles. The highest BCUT2D eigenvalue weighted by molar-refractivity contribution is 5.92. The predicted molar refractivity (Wildman–Crippen MR) is 61.5 cm³/mol. The number of halogens is 3. The zero-order chi connectivity index (χ0) is 13.3. The average molecular weight is 258 g/mol. The van der Waals surface area contributed by atoms with Crippen LogP contribution < -0.4 is 10.2 Å². The third-order valence-electron chi connectivity index (χ3n) is 2.92. The Morgan fingerprint density at radius 3 is 2.67 bits per heavy atom. The Hall–Kier alpha value is -1.72. The summed E-state index contributed by atoms with van der Waals surface area (Å²) < 4.78 is 38.3. The number of aryl methyl sites for hydroxylation is 1. The monoisotopic (exact) mass is 258 g/mol. The number of benzene rings is 1. The van der Waals surface area contributed by atoms with Crippen LogP contribution in [0.15, 0.2) is 18.2 Å². The summed E-state index contributed by atoms with van der Waals surface area (Å²) in [5.41, 5.74) is -0.257. The Bertz CT molecular complexity index is 471. The van der Waals surface area contributed by atoms with Gasteiger partial charge >= 0.3 is 12.2 Å². The first-order valence-electron chi connectivity index (χ1n) is 5.63. The molecule has 1 fully saturated rings. The Morgan fingerprint density at radius 1 is 1.33 bits per heavy atom. The van der Waals surface area contributed by atoms with Crippen LogP contribution in [0, 0.1) is 6.92 Å². The third kappa shape index (κ3) is 2.42. The van der Waals surface area contributed by atoms with Crippen molar-refractivity contribution in [2.24, 2.45) is 0 Å². The van der Waals surface area contributed by atoms with Crippen LogP contribution in [0.2, 0.25) is 0 Å². The van der Waals surface area contributed by atoms with Crippen molar-refractivity contribution in [3.05, 3.63) is 29.3 Å². The van der Waals surface area contributed by atoms with E-state index in [9.17, 15) is 18.0 Å². The predicted octanol–water partition coefficient (Wildman–Crippen LogP) is 2.93. The number of urea groups is 1. The second kappa shape index (κ2) is 4.51.